The van der Waals surface area contributed by atoms with Crippen molar-refractivity contribution in [2.24, 2.45) is 5.92 Å². The van der Waals surface area contributed by atoms with Crippen LogP contribution in [0.1, 0.15) is 37.4 Å². The molecule has 0 bridgehead atoms. The zero-order valence-electron chi connectivity index (χ0n) is 8.52. The molecule has 0 saturated heterocycles. The minimum atomic E-state index is 0.633. The van der Waals surface area contributed by atoms with Crippen molar-refractivity contribution >= 4 is 5.82 Å². The van der Waals surface area contributed by atoms with E-state index >= 15 is 0 Å². The molecule has 72 valence electrons. The molecule has 0 radical (unpaired) electrons. The Morgan fingerprint density at radius 1 is 1.46 bits per heavy atom. The second kappa shape index (κ2) is 3.05. The number of anilines is 1. The summed E-state index contributed by atoms with van der Waals surface area (Å²) in [5.74, 6) is 2.45. The monoisotopic (exact) mass is 179 g/mol. The minimum absolute atomic E-state index is 0.633. The quantitative estimate of drug-likeness (QED) is 0.693. The van der Waals surface area contributed by atoms with Crippen molar-refractivity contribution < 1.29 is 0 Å². The van der Waals surface area contributed by atoms with Gasteiger partial charge in [-0.25, -0.2) is 0 Å². The van der Waals surface area contributed by atoms with Crippen molar-refractivity contribution in [1.29, 1.82) is 0 Å². The third-order valence-electron chi connectivity index (χ3n) is 2.94. The molecule has 0 spiro atoms. The summed E-state index contributed by atoms with van der Waals surface area (Å²) in [5.41, 5.74) is 2.73. The summed E-state index contributed by atoms with van der Waals surface area (Å²) in [6.07, 6.45) is 2.44. The summed E-state index contributed by atoms with van der Waals surface area (Å²) in [4.78, 5) is 0. The fourth-order valence-corrected chi connectivity index (χ4v) is 2.35. The highest BCUT2D eigenvalue weighted by atomic mass is 15.2. The van der Waals surface area contributed by atoms with Crippen molar-refractivity contribution in [1.82, 2.24) is 10.2 Å². The van der Waals surface area contributed by atoms with Crippen LogP contribution in [0.2, 0.25) is 0 Å². The maximum atomic E-state index is 4.27. The van der Waals surface area contributed by atoms with Crippen molar-refractivity contribution in [3.63, 3.8) is 0 Å². The Balaban J connectivity index is 2.40. The normalized spacial score (nSPS) is 27.0. The summed E-state index contributed by atoms with van der Waals surface area (Å²) < 4.78 is 0. The zero-order valence-corrected chi connectivity index (χ0v) is 8.52. The van der Waals surface area contributed by atoms with Crippen molar-refractivity contribution in [3.8, 4) is 0 Å². The lowest BCUT2D eigenvalue weighted by Crippen LogP contribution is -2.14. The van der Waals surface area contributed by atoms with E-state index < -0.39 is 0 Å². The first-order valence-electron chi connectivity index (χ1n) is 4.97. The van der Waals surface area contributed by atoms with E-state index in [1.807, 2.05) is 7.05 Å². The lowest BCUT2D eigenvalue weighted by Gasteiger charge is -2.23. The van der Waals surface area contributed by atoms with Crippen LogP contribution in [0, 0.1) is 5.92 Å². The predicted molar refractivity (Wildman–Crippen MR) is 54.0 cm³/mol. The second-order valence-corrected chi connectivity index (χ2v) is 4.16. The topological polar surface area (TPSA) is 40.7 Å². The SMILES string of the molecule is CNc1n[nH]c2c1CC(C)CC2C. The van der Waals surface area contributed by atoms with E-state index in [2.05, 4.69) is 29.4 Å². The van der Waals surface area contributed by atoms with Gasteiger partial charge in [0.25, 0.3) is 0 Å². The van der Waals surface area contributed by atoms with Gasteiger partial charge >= 0.3 is 0 Å². The molecular weight excluding hydrogens is 162 g/mol. The van der Waals surface area contributed by atoms with Crippen molar-refractivity contribution in [3.05, 3.63) is 11.3 Å². The highest BCUT2D eigenvalue weighted by molar-refractivity contribution is 5.48. The van der Waals surface area contributed by atoms with Gasteiger partial charge in [0.2, 0.25) is 0 Å². The summed E-state index contributed by atoms with van der Waals surface area (Å²) in [6.45, 7) is 4.58. The number of rotatable bonds is 1. The van der Waals surface area contributed by atoms with Crippen LogP contribution in [-0.4, -0.2) is 17.2 Å². The molecule has 0 amide bonds. The lowest BCUT2D eigenvalue weighted by atomic mass is 9.82. The smallest absolute Gasteiger partial charge is 0.151 e. The number of H-pyrrole nitrogens is 1. The molecule has 0 aliphatic heterocycles. The molecule has 1 aliphatic rings. The summed E-state index contributed by atoms with van der Waals surface area (Å²) in [5, 5.41) is 10.5. The standard InChI is InChI=1S/C10H17N3/c1-6-4-7(2)9-8(5-6)10(11-3)13-12-9/h6-7H,4-5H2,1-3H3,(H2,11,12,13). The van der Waals surface area contributed by atoms with Crippen LogP contribution in [0.5, 0.6) is 0 Å². The van der Waals surface area contributed by atoms with Gasteiger partial charge in [-0.1, -0.05) is 13.8 Å². The van der Waals surface area contributed by atoms with E-state index in [9.17, 15) is 0 Å². The van der Waals surface area contributed by atoms with Crippen LogP contribution in [0.15, 0.2) is 0 Å². The maximum absolute atomic E-state index is 4.27. The molecule has 13 heavy (non-hydrogen) atoms. The molecule has 0 aromatic carbocycles. The maximum Gasteiger partial charge on any atom is 0.151 e. The molecule has 1 aromatic heterocycles. The first kappa shape index (κ1) is 8.60. The Morgan fingerprint density at radius 2 is 2.23 bits per heavy atom. The van der Waals surface area contributed by atoms with E-state index in [0.29, 0.717) is 5.92 Å². The molecule has 2 atom stereocenters. The van der Waals surface area contributed by atoms with Crippen LogP contribution in [-0.2, 0) is 6.42 Å². The van der Waals surface area contributed by atoms with Gasteiger partial charge in [0.05, 0.1) is 0 Å². The Morgan fingerprint density at radius 3 is 2.92 bits per heavy atom. The highest BCUT2D eigenvalue weighted by Gasteiger charge is 2.25. The minimum Gasteiger partial charge on any atom is -0.371 e. The number of hydrogen-bond acceptors (Lipinski definition) is 2. The summed E-state index contributed by atoms with van der Waals surface area (Å²) in [6, 6.07) is 0. The van der Waals surface area contributed by atoms with Gasteiger partial charge in [0, 0.05) is 18.3 Å². The van der Waals surface area contributed by atoms with Crippen LogP contribution >= 0.6 is 0 Å². The van der Waals surface area contributed by atoms with Crippen LogP contribution in [0.4, 0.5) is 5.82 Å². The van der Waals surface area contributed by atoms with Crippen LogP contribution in [0.25, 0.3) is 0 Å². The Hall–Kier alpha value is -0.990. The lowest BCUT2D eigenvalue weighted by molar-refractivity contribution is 0.445. The van der Waals surface area contributed by atoms with Gasteiger partial charge in [0.15, 0.2) is 5.82 Å². The van der Waals surface area contributed by atoms with E-state index in [-0.39, 0.29) is 0 Å². The summed E-state index contributed by atoms with van der Waals surface area (Å²) in [7, 11) is 1.93. The summed E-state index contributed by atoms with van der Waals surface area (Å²) >= 11 is 0. The molecule has 1 aliphatic carbocycles. The Bertz CT molecular complexity index is 303. The van der Waals surface area contributed by atoms with Gasteiger partial charge in [0.1, 0.15) is 0 Å². The third kappa shape index (κ3) is 1.32. The zero-order chi connectivity index (χ0) is 9.42. The molecule has 3 heteroatoms. The van der Waals surface area contributed by atoms with Gasteiger partial charge < -0.3 is 5.32 Å². The first-order chi connectivity index (χ1) is 6.22. The third-order valence-corrected chi connectivity index (χ3v) is 2.94. The number of aromatic nitrogens is 2. The van der Waals surface area contributed by atoms with Gasteiger partial charge in [-0.3, -0.25) is 5.10 Å². The van der Waals surface area contributed by atoms with E-state index in [0.717, 1.165) is 18.2 Å². The fraction of sp³-hybridized carbons (Fsp3) is 0.700. The molecule has 1 heterocycles. The Kier molecular flexibility index (Phi) is 2.02. The number of hydrogen-bond donors (Lipinski definition) is 2. The van der Waals surface area contributed by atoms with Crippen LogP contribution < -0.4 is 5.32 Å². The largest absolute Gasteiger partial charge is 0.371 e. The van der Waals surface area contributed by atoms with E-state index in [4.69, 9.17) is 0 Å². The average Bonchev–Trinajstić information content (AvgIpc) is 2.47. The van der Waals surface area contributed by atoms with Gasteiger partial charge in [-0.15, -0.1) is 0 Å². The Labute approximate surface area is 78.9 Å². The van der Waals surface area contributed by atoms with Crippen molar-refractivity contribution in [2.45, 2.75) is 32.6 Å². The average molecular weight is 179 g/mol. The predicted octanol–water partition coefficient (Wildman–Crippen LogP) is 2.14. The van der Waals surface area contributed by atoms with E-state index in [1.165, 1.54) is 17.7 Å². The molecule has 2 N–H and O–H groups in total. The number of nitrogens with zero attached hydrogens (tertiary/aromatic N) is 1. The number of aromatic amines is 1. The molecule has 2 rings (SSSR count). The van der Waals surface area contributed by atoms with Gasteiger partial charge in [-0.05, 0) is 24.7 Å². The molecule has 1 aromatic rings. The number of fused-ring (bicyclic) bond motifs is 1. The molecule has 0 fully saturated rings. The molecule has 3 nitrogen and oxygen atoms in total. The fourth-order valence-electron chi connectivity index (χ4n) is 2.35. The number of nitrogens with one attached hydrogen (secondary N) is 2. The second-order valence-electron chi connectivity index (χ2n) is 4.16. The molecule has 2 unspecified atom stereocenters. The first-order valence-corrected chi connectivity index (χ1v) is 4.97. The van der Waals surface area contributed by atoms with Crippen LogP contribution in [0.3, 0.4) is 0 Å². The highest BCUT2D eigenvalue weighted by Crippen LogP contribution is 2.35. The molecular formula is C10H17N3. The van der Waals surface area contributed by atoms with Crippen molar-refractivity contribution in [2.75, 3.05) is 12.4 Å². The molecule has 0 saturated carbocycles. The van der Waals surface area contributed by atoms with Gasteiger partial charge in [-0.2, -0.15) is 5.10 Å². The van der Waals surface area contributed by atoms with E-state index in [1.54, 1.807) is 0 Å².